The molecule has 6 heteroatoms. The second-order valence-corrected chi connectivity index (χ2v) is 8.67. The van der Waals surface area contributed by atoms with Gasteiger partial charge in [-0.2, -0.15) is 0 Å². The van der Waals surface area contributed by atoms with Crippen molar-refractivity contribution in [2.45, 2.75) is 51.2 Å². The van der Waals surface area contributed by atoms with Crippen LogP contribution >= 0.6 is 0 Å². The fourth-order valence-electron chi connectivity index (χ4n) is 4.94. The van der Waals surface area contributed by atoms with E-state index < -0.39 is 0 Å². The molecule has 2 aromatic heterocycles. The monoisotopic (exact) mass is 403 g/mol. The summed E-state index contributed by atoms with van der Waals surface area (Å²) in [7, 11) is 0. The van der Waals surface area contributed by atoms with Gasteiger partial charge in [0.2, 0.25) is 0 Å². The molecule has 5 rings (SSSR count). The van der Waals surface area contributed by atoms with Gasteiger partial charge in [-0.3, -0.25) is 14.7 Å². The zero-order chi connectivity index (χ0) is 20.3. The summed E-state index contributed by atoms with van der Waals surface area (Å²) in [6, 6.07) is 9.90. The highest BCUT2D eigenvalue weighted by Crippen LogP contribution is 2.28. The Morgan fingerprint density at radius 1 is 1.03 bits per heavy atom. The average Bonchev–Trinajstić information content (AvgIpc) is 3.26. The number of hydrogen-bond donors (Lipinski definition) is 1. The highest BCUT2D eigenvalue weighted by atomic mass is 16.1. The number of hydrogen-bond acceptors (Lipinski definition) is 4. The van der Waals surface area contributed by atoms with Gasteiger partial charge >= 0.3 is 0 Å². The van der Waals surface area contributed by atoms with Crippen molar-refractivity contribution >= 4 is 16.8 Å². The van der Waals surface area contributed by atoms with Gasteiger partial charge < -0.3 is 9.88 Å². The van der Waals surface area contributed by atoms with Crippen LogP contribution in [0.4, 0.5) is 0 Å². The second kappa shape index (κ2) is 8.56. The topological polar surface area (TPSA) is 63.1 Å². The molecule has 0 unspecified atom stereocenters. The van der Waals surface area contributed by atoms with Crippen molar-refractivity contribution in [2.75, 3.05) is 13.1 Å². The summed E-state index contributed by atoms with van der Waals surface area (Å²) in [5, 5.41) is 4.20. The van der Waals surface area contributed by atoms with E-state index in [2.05, 4.69) is 30.9 Å². The standard InChI is InChI=1S/C24H29N5O/c30-24(21-3-1-5-22-20(21)4-2-11-25-22)27-19-8-6-18(7-9-19)10-13-28-15-16-29-14-12-26-23(29)17-28/h1-5,11-12,14,18-19H,6-10,13,15-17H2,(H,27,30)/t18-,19-. The van der Waals surface area contributed by atoms with Gasteiger partial charge in [-0.25, -0.2) is 4.98 Å². The lowest BCUT2D eigenvalue weighted by molar-refractivity contribution is 0.0921. The largest absolute Gasteiger partial charge is 0.349 e. The minimum Gasteiger partial charge on any atom is -0.349 e. The van der Waals surface area contributed by atoms with Gasteiger partial charge in [-0.1, -0.05) is 12.1 Å². The van der Waals surface area contributed by atoms with Gasteiger partial charge in [0.25, 0.3) is 5.91 Å². The minimum atomic E-state index is 0.0286. The van der Waals surface area contributed by atoms with Crippen molar-refractivity contribution in [1.82, 2.24) is 24.8 Å². The maximum atomic E-state index is 12.9. The van der Waals surface area contributed by atoms with Crippen LogP contribution in [0.5, 0.6) is 0 Å². The maximum Gasteiger partial charge on any atom is 0.252 e. The van der Waals surface area contributed by atoms with Gasteiger partial charge in [-0.05, 0) is 62.8 Å². The summed E-state index contributed by atoms with van der Waals surface area (Å²) in [5.74, 6) is 1.98. The van der Waals surface area contributed by atoms with Crippen molar-refractivity contribution in [3.8, 4) is 0 Å². The van der Waals surface area contributed by atoms with Crippen LogP contribution in [0.15, 0.2) is 48.9 Å². The van der Waals surface area contributed by atoms with Crippen LogP contribution in [0, 0.1) is 5.92 Å². The smallest absolute Gasteiger partial charge is 0.252 e. The predicted molar refractivity (Wildman–Crippen MR) is 117 cm³/mol. The van der Waals surface area contributed by atoms with Gasteiger partial charge in [0, 0.05) is 48.7 Å². The van der Waals surface area contributed by atoms with E-state index in [1.807, 2.05) is 36.5 Å². The van der Waals surface area contributed by atoms with Crippen LogP contribution in [0.3, 0.4) is 0 Å². The maximum absolute atomic E-state index is 12.9. The van der Waals surface area contributed by atoms with Crippen molar-refractivity contribution in [2.24, 2.45) is 5.92 Å². The zero-order valence-corrected chi connectivity index (χ0v) is 17.3. The number of rotatable bonds is 5. The van der Waals surface area contributed by atoms with E-state index in [0.29, 0.717) is 0 Å². The molecule has 3 aromatic rings. The van der Waals surface area contributed by atoms with E-state index >= 15 is 0 Å². The molecule has 1 saturated carbocycles. The fraction of sp³-hybridized carbons (Fsp3) is 0.458. The summed E-state index contributed by atoms with van der Waals surface area (Å²) >= 11 is 0. The van der Waals surface area contributed by atoms with Crippen LogP contribution in [0.2, 0.25) is 0 Å². The molecule has 0 spiro atoms. The minimum absolute atomic E-state index is 0.0286. The number of benzene rings is 1. The number of amides is 1. The number of pyridine rings is 1. The fourth-order valence-corrected chi connectivity index (χ4v) is 4.94. The highest BCUT2D eigenvalue weighted by molar-refractivity contribution is 6.06. The summed E-state index contributed by atoms with van der Waals surface area (Å²) in [5.41, 5.74) is 1.60. The average molecular weight is 404 g/mol. The van der Waals surface area contributed by atoms with Crippen LogP contribution in [-0.4, -0.2) is 44.5 Å². The number of imidazole rings is 1. The first-order valence-corrected chi connectivity index (χ1v) is 11.1. The molecule has 3 heterocycles. The van der Waals surface area contributed by atoms with Gasteiger partial charge in [0.15, 0.2) is 0 Å². The lowest BCUT2D eigenvalue weighted by Crippen LogP contribution is -2.39. The lowest BCUT2D eigenvalue weighted by Gasteiger charge is -2.32. The molecule has 156 valence electrons. The Bertz CT molecular complexity index is 1020. The van der Waals surface area contributed by atoms with Crippen LogP contribution in [-0.2, 0) is 13.1 Å². The molecule has 1 aromatic carbocycles. The number of fused-ring (bicyclic) bond motifs is 2. The van der Waals surface area contributed by atoms with E-state index in [1.165, 1.54) is 25.1 Å². The third-order valence-electron chi connectivity index (χ3n) is 6.75. The molecular weight excluding hydrogens is 374 g/mol. The normalized spacial score (nSPS) is 22.0. The summed E-state index contributed by atoms with van der Waals surface area (Å²) in [6.07, 6.45) is 11.5. The SMILES string of the molecule is O=C(N[C@H]1CC[C@H](CCN2CCn3ccnc3C2)CC1)c1cccc2ncccc12. The summed E-state index contributed by atoms with van der Waals surface area (Å²) in [6.45, 7) is 4.29. The Morgan fingerprint density at radius 3 is 2.83 bits per heavy atom. The van der Waals surface area contributed by atoms with E-state index in [1.54, 1.807) is 6.20 Å². The number of aromatic nitrogens is 3. The van der Waals surface area contributed by atoms with Gasteiger partial charge in [0.05, 0.1) is 12.1 Å². The Labute approximate surface area is 177 Å². The number of nitrogens with one attached hydrogen (secondary N) is 1. The molecule has 0 bridgehead atoms. The Kier molecular flexibility index (Phi) is 5.49. The number of carbonyl (C=O) groups is 1. The number of carbonyl (C=O) groups excluding carboxylic acids is 1. The predicted octanol–water partition coefficient (Wildman–Crippen LogP) is 3.63. The van der Waals surface area contributed by atoms with E-state index in [0.717, 1.165) is 61.4 Å². The molecule has 1 fully saturated rings. The van der Waals surface area contributed by atoms with Gasteiger partial charge in [0.1, 0.15) is 5.82 Å². The molecule has 0 saturated heterocycles. The van der Waals surface area contributed by atoms with Crippen molar-refractivity contribution < 1.29 is 4.79 Å². The van der Waals surface area contributed by atoms with E-state index in [-0.39, 0.29) is 11.9 Å². The Morgan fingerprint density at radius 2 is 1.93 bits per heavy atom. The summed E-state index contributed by atoms with van der Waals surface area (Å²) in [4.78, 5) is 24.2. The zero-order valence-electron chi connectivity index (χ0n) is 17.3. The Hall–Kier alpha value is -2.73. The van der Waals surface area contributed by atoms with Crippen LogP contribution in [0.25, 0.3) is 10.9 Å². The Balaban J connectivity index is 1.10. The van der Waals surface area contributed by atoms with Crippen LogP contribution in [0.1, 0.15) is 48.3 Å². The van der Waals surface area contributed by atoms with Crippen molar-refractivity contribution in [1.29, 1.82) is 0 Å². The molecule has 1 amide bonds. The molecule has 1 aliphatic carbocycles. The molecular formula is C24H29N5O. The molecule has 2 aliphatic rings. The number of nitrogens with zero attached hydrogens (tertiary/aromatic N) is 4. The first kappa shape index (κ1) is 19.2. The second-order valence-electron chi connectivity index (χ2n) is 8.67. The lowest BCUT2D eigenvalue weighted by atomic mass is 9.84. The summed E-state index contributed by atoms with van der Waals surface area (Å²) < 4.78 is 2.26. The third-order valence-corrected chi connectivity index (χ3v) is 6.75. The quantitative estimate of drug-likeness (QED) is 0.707. The van der Waals surface area contributed by atoms with Crippen LogP contribution < -0.4 is 5.32 Å². The van der Waals surface area contributed by atoms with E-state index in [9.17, 15) is 4.79 Å². The first-order valence-electron chi connectivity index (χ1n) is 11.1. The van der Waals surface area contributed by atoms with Crippen molar-refractivity contribution in [3.63, 3.8) is 0 Å². The molecule has 0 atom stereocenters. The third kappa shape index (κ3) is 4.10. The van der Waals surface area contributed by atoms with E-state index in [4.69, 9.17) is 0 Å². The molecule has 30 heavy (non-hydrogen) atoms. The first-order chi connectivity index (χ1) is 14.8. The molecule has 1 N–H and O–H groups in total. The molecule has 6 nitrogen and oxygen atoms in total. The van der Waals surface area contributed by atoms with Gasteiger partial charge in [-0.15, -0.1) is 0 Å². The van der Waals surface area contributed by atoms with Crippen molar-refractivity contribution in [3.05, 3.63) is 60.3 Å². The molecule has 0 radical (unpaired) electrons. The molecule has 1 aliphatic heterocycles. The highest BCUT2D eigenvalue weighted by Gasteiger charge is 2.24.